The fraction of sp³-hybridized carbons (Fsp3) is 0.900. The van der Waals surface area contributed by atoms with Gasteiger partial charge in [-0.3, -0.25) is 4.79 Å². The average molecular weight is 171 g/mol. The minimum Gasteiger partial charge on any atom is -0.309 e. The molecule has 0 N–H and O–H groups in total. The fourth-order valence-electron chi connectivity index (χ4n) is 0.923. The first kappa shape index (κ1) is 11.6. The maximum Gasteiger partial charge on any atom is 0.134 e. The molecule has 0 rings (SSSR count). The van der Waals surface area contributed by atoms with Gasteiger partial charge in [0.2, 0.25) is 0 Å². The van der Waals surface area contributed by atoms with Crippen LogP contribution < -0.4 is 0 Å². The van der Waals surface area contributed by atoms with E-state index in [1.807, 2.05) is 19.0 Å². The predicted molar refractivity (Wildman–Crippen MR) is 52.3 cm³/mol. The normalized spacial score (nSPS) is 11.2. The summed E-state index contributed by atoms with van der Waals surface area (Å²) in [5.41, 5.74) is 0. The van der Waals surface area contributed by atoms with Crippen LogP contribution in [0.4, 0.5) is 0 Å². The second kappa shape index (κ2) is 6.18. The first-order valence-electron chi connectivity index (χ1n) is 4.68. The minimum absolute atomic E-state index is 0.400. The van der Waals surface area contributed by atoms with Gasteiger partial charge in [-0.2, -0.15) is 0 Å². The number of carbonyl (C=O) groups is 1. The molecule has 0 aliphatic rings. The molecule has 0 fully saturated rings. The number of hydrogen-bond acceptors (Lipinski definition) is 2. The van der Waals surface area contributed by atoms with Crippen LogP contribution in [0.2, 0.25) is 0 Å². The van der Waals surface area contributed by atoms with E-state index < -0.39 is 0 Å². The van der Waals surface area contributed by atoms with Crippen LogP contribution in [0, 0.1) is 5.92 Å². The zero-order valence-corrected chi connectivity index (χ0v) is 8.76. The second-order valence-corrected chi connectivity index (χ2v) is 4.02. The van der Waals surface area contributed by atoms with Crippen molar-refractivity contribution in [3.63, 3.8) is 0 Å². The lowest BCUT2D eigenvalue weighted by Gasteiger charge is -2.08. The summed E-state index contributed by atoms with van der Waals surface area (Å²) >= 11 is 0. The highest BCUT2D eigenvalue weighted by molar-refractivity contribution is 5.78. The topological polar surface area (TPSA) is 20.3 Å². The molecule has 2 heteroatoms. The van der Waals surface area contributed by atoms with Gasteiger partial charge >= 0.3 is 0 Å². The van der Waals surface area contributed by atoms with Gasteiger partial charge in [-0.05, 0) is 26.4 Å². The maximum atomic E-state index is 11.2. The molecule has 12 heavy (non-hydrogen) atoms. The van der Waals surface area contributed by atoms with Gasteiger partial charge in [-0.15, -0.1) is 0 Å². The van der Waals surface area contributed by atoms with Crippen LogP contribution in [0.5, 0.6) is 0 Å². The van der Waals surface area contributed by atoms with Crippen LogP contribution in [0.3, 0.4) is 0 Å². The van der Waals surface area contributed by atoms with Crippen molar-refractivity contribution < 1.29 is 4.79 Å². The Morgan fingerprint density at radius 3 is 2.25 bits per heavy atom. The van der Waals surface area contributed by atoms with E-state index in [4.69, 9.17) is 0 Å². The van der Waals surface area contributed by atoms with E-state index in [0.29, 0.717) is 18.1 Å². The predicted octanol–water partition coefficient (Wildman–Crippen LogP) is 1.94. The monoisotopic (exact) mass is 171 g/mol. The fourth-order valence-corrected chi connectivity index (χ4v) is 0.923. The molecule has 0 aliphatic carbocycles. The Labute approximate surface area is 75.9 Å². The number of nitrogens with zero attached hydrogens (tertiary/aromatic N) is 1. The zero-order chi connectivity index (χ0) is 9.56. The zero-order valence-electron chi connectivity index (χ0n) is 8.76. The maximum absolute atomic E-state index is 11.2. The Balaban J connectivity index is 3.34. The van der Waals surface area contributed by atoms with Crippen molar-refractivity contribution in [3.8, 4) is 0 Å². The molecule has 2 nitrogen and oxygen atoms in total. The van der Waals surface area contributed by atoms with E-state index in [0.717, 1.165) is 19.4 Å². The smallest absolute Gasteiger partial charge is 0.134 e. The molecule has 0 bridgehead atoms. The molecule has 0 atom stereocenters. The van der Waals surface area contributed by atoms with Crippen LogP contribution in [-0.4, -0.2) is 31.3 Å². The third kappa shape index (κ3) is 7.73. The van der Waals surface area contributed by atoms with E-state index >= 15 is 0 Å². The lowest BCUT2D eigenvalue weighted by atomic mass is 10.0. The molecule has 0 aromatic carbocycles. The molecular formula is C10H21NO. The molecule has 0 aliphatic heterocycles. The molecule has 0 radical (unpaired) electrons. The third-order valence-corrected chi connectivity index (χ3v) is 1.84. The summed E-state index contributed by atoms with van der Waals surface area (Å²) in [7, 11) is 3.99. The Hall–Kier alpha value is -0.370. The van der Waals surface area contributed by atoms with Crippen LogP contribution in [0.15, 0.2) is 0 Å². The number of carbonyl (C=O) groups excluding carboxylic acids is 1. The minimum atomic E-state index is 0.400. The summed E-state index contributed by atoms with van der Waals surface area (Å²) in [6, 6.07) is 0. The van der Waals surface area contributed by atoms with Crippen LogP contribution in [0.1, 0.15) is 33.1 Å². The van der Waals surface area contributed by atoms with Crippen molar-refractivity contribution in [1.82, 2.24) is 4.90 Å². The molecule has 0 saturated carbocycles. The van der Waals surface area contributed by atoms with Crippen molar-refractivity contribution in [2.24, 2.45) is 5.92 Å². The van der Waals surface area contributed by atoms with Gasteiger partial charge in [0.1, 0.15) is 5.78 Å². The Morgan fingerprint density at radius 2 is 1.83 bits per heavy atom. The molecule has 72 valence electrons. The van der Waals surface area contributed by atoms with E-state index in [1.54, 1.807) is 0 Å². The van der Waals surface area contributed by atoms with Gasteiger partial charge in [-0.25, -0.2) is 0 Å². The first-order valence-corrected chi connectivity index (χ1v) is 4.68. The van der Waals surface area contributed by atoms with E-state index in [9.17, 15) is 4.79 Å². The van der Waals surface area contributed by atoms with E-state index in [2.05, 4.69) is 13.8 Å². The highest BCUT2D eigenvalue weighted by Crippen LogP contribution is 2.05. The highest BCUT2D eigenvalue weighted by Gasteiger charge is 2.03. The van der Waals surface area contributed by atoms with E-state index in [-0.39, 0.29) is 0 Å². The Kier molecular flexibility index (Phi) is 5.99. The molecule has 0 aromatic rings. The molecule has 0 saturated heterocycles. The van der Waals surface area contributed by atoms with Crippen molar-refractivity contribution >= 4 is 5.78 Å². The summed E-state index contributed by atoms with van der Waals surface area (Å²) < 4.78 is 0. The van der Waals surface area contributed by atoms with E-state index in [1.165, 1.54) is 0 Å². The third-order valence-electron chi connectivity index (χ3n) is 1.84. The quantitative estimate of drug-likeness (QED) is 0.608. The number of Topliss-reactive ketones (excluding diaryl/α,β-unsaturated/α-hetero) is 1. The molecule has 0 unspecified atom stereocenters. The lowest BCUT2D eigenvalue weighted by Crippen LogP contribution is -2.16. The van der Waals surface area contributed by atoms with Crippen LogP contribution >= 0.6 is 0 Å². The Bertz CT molecular complexity index is 116. The summed E-state index contributed by atoms with van der Waals surface area (Å²) in [6.07, 6.45) is 2.50. The first-order chi connectivity index (χ1) is 5.52. The van der Waals surface area contributed by atoms with Crippen molar-refractivity contribution in [1.29, 1.82) is 0 Å². The average Bonchev–Trinajstić information content (AvgIpc) is 1.96. The second-order valence-electron chi connectivity index (χ2n) is 4.02. The van der Waals surface area contributed by atoms with Gasteiger partial charge in [-0.1, -0.05) is 13.8 Å². The van der Waals surface area contributed by atoms with Gasteiger partial charge in [0, 0.05) is 19.4 Å². The van der Waals surface area contributed by atoms with Crippen LogP contribution in [-0.2, 0) is 4.79 Å². The van der Waals surface area contributed by atoms with Crippen molar-refractivity contribution in [3.05, 3.63) is 0 Å². The van der Waals surface area contributed by atoms with Gasteiger partial charge < -0.3 is 4.90 Å². The van der Waals surface area contributed by atoms with Gasteiger partial charge in [0.25, 0.3) is 0 Å². The lowest BCUT2D eigenvalue weighted by molar-refractivity contribution is -0.119. The van der Waals surface area contributed by atoms with Crippen LogP contribution in [0.25, 0.3) is 0 Å². The number of hydrogen-bond donors (Lipinski definition) is 0. The van der Waals surface area contributed by atoms with Crippen molar-refractivity contribution in [2.45, 2.75) is 33.1 Å². The SMILES string of the molecule is CC(C)CCC(=O)CCN(C)C. The summed E-state index contributed by atoms with van der Waals surface area (Å²) in [4.78, 5) is 13.3. The summed E-state index contributed by atoms with van der Waals surface area (Å²) in [5.74, 6) is 1.05. The number of ketones is 1. The van der Waals surface area contributed by atoms with Gasteiger partial charge in [0.05, 0.1) is 0 Å². The van der Waals surface area contributed by atoms with Gasteiger partial charge in [0.15, 0.2) is 0 Å². The summed E-state index contributed by atoms with van der Waals surface area (Å²) in [6.45, 7) is 5.19. The molecule has 0 heterocycles. The number of rotatable bonds is 6. The molecule has 0 aromatic heterocycles. The molecule has 0 spiro atoms. The summed E-state index contributed by atoms with van der Waals surface area (Å²) in [5, 5.41) is 0. The Morgan fingerprint density at radius 1 is 1.25 bits per heavy atom. The van der Waals surface area contributed by atoms with Crippen molar-refractivity contribution in [2.75, 3.05) is 20.6 Å². The standard InChI is InChI=1S/C10H21NO/c1-9(2)5-6-10(12)7-8-11(3)4/h9H,5-8H2,1-4H3. The largest absolute Gasteiger partial charge is 0.309 e. The molecule has 0 amide bonds. The molecular weight excluding hydrogens is 150 g/mol. The highest BCUT2D eigenvalue weighted by atomic mass is 16.1.